The minimum Gasteiger partial charge on any atom is -0.478 e. The Bertz CT molecular complexity index is 827. The molecule has 1 aromatic carbocycles. The van der Waals surface area contributed by atoms with Gasteiger partial charge in [-0.2, -0.15) is 0 Å². The summed E-state index contributed by atoms with van der Waals surface area (Å²) in [5.41, 5.74) is 7.45. The molecule has 7 nitrogen and oxygen atoms in total. The molecule has 0 aliphatic carbocycles. The number of anilines is 1. The molecule has 146 valence electrons. The molecule has 1 aliphatic heterocycles. The van der Waals surface area contributed by atoms with Crippen molar-refractivity contribution in [1.82, 2.24) is 10.3 Å². The molecule has 0 spiro atoms. The maximum Gasteiger partial charge on any atom is 0.271 e. The smallest absolute Gasteiger partial charge is 0.271 e. The number of thiazole rings is 1. The van der Waals surface area contributed by atoms with E-state index < -0.39 is 6.10 Å². The molecule has 0 fully saturated rings. The van der Waals surface area contributed by atoms with Crippen LogP contribution in [-0.4, -0.2) is 29.4 Å². The lowest BCUT2D eigenvalue weighted by atomic mass is 10.1. The van der Waals surface area contributed by atoms with Gasteiger partial charge in [0.1, 0.15) is 11.4 Å². The van der Waals surface area contributed by atoms with Gasteiger partial charge in [0.15, 0.2) is 6.10 Å². The first kappa shape index (κ1) is 21.1. The molecular weight excluding hydrogens is 388 g/mol. The van der Waals surface area contributed by atoms with Gasteiger partial charge in [-0.25, -0.2) is 4.98 Å². The number of nitrogens with zero attached hydrogens (tertiary/aromatic N) is 1. The highest BCUT2D eigenvalue weighted by Crippen LogP contribution is 2.33. The number of ether oxygens (including phenoxy) is 1. The van der Waals surface area contributed by atoms with Crippen LogP contribution in [0.15, 0.2) is 23.6 Å². The standard InChI is InChI=1S/C18H22N4O3S.ClH/c1-3-14-18(24)22-12-5-4-11(8-15(12)25-14)10(2)20-17(23)13-9-26-16(21-13)6-7-19;/h4-5,8-10,14H,3,6-7,19H2,1-2H3,(H,20,23)(H,22,24);1H. The molecule has 2 unspecified atom stereocenters. The van der Waals surface area contributed by atoms with Crippen molar-refractivity contribution in [2.24, 2.45) is 5.73 Å². The first-order chi connectivity index (χ1) is 12.5. The number of carbonyl (C=O) groups is 2. The number of amides is 2. The highest BCUT2D eigenvalue weighted by Gasteiger charge is 2.26. The average Bonchev–Trinajstić information content (AvgIpc) is 3.09. The number of rotatable bonds is 6. The fraction of sp³-hybridized carbons (Fsp3) is 0.389. The van der Waals surface area contributed by atoms with Crippen LogP contribution >= 0.6 is 23.7 Å². The molecule has 0 radical (unpaired) electrons. The van der Waals surface area contributed by atoms with Gasteiger partial charge in [0, 0.05) is 11.8 Å². The molecule has 1 aromatic heterocycles. The fourth-order valence-electron chi connectivity index (χ4n) is 2.71. The van der Waals surface area contributed by atoms with E-state index in [1.54, 1.807) is 11.4 Å². The van der Waals surface area contributed by atoms with Crippen LogP contribution in [-0.2, 0) is 11.2 Å². The molecule has 27 heavy (non-hydrogen) atoms. The highest BCUT2D eigenvalue weighted by atomic mass is 35.5. The van der Waals surface area contributed by atoms with Gasteiger partial charge in [0.05, 0.1) is 16.7 Å². The fourth-order valence-corrected chi connectivity index (χ4v) is 3.50. The van der Waals surface area contributed by atoms with E-state index in [1.165, 1.54) is 11.3 Å². The summed E-state index contributed by atoms with van der Waals surface area (Å²) in [5, 5.41) is 8.37. The number of halogens is 1. The first-order valence-corrected chi connectivity index (χ1v) is 9.46. The highest BCUT2D eigenvalue weighted by molar-refractivity contribution is 7.09. The average molecular weight is 411 g/mol. The second-order valence-corrected chi connectivity index (χ2v) is 7.06. The largest absolute Gasteiger partial charge is 0.478 e. The van der Waals surface area contributed by atoms with Crippen LogP contribution in [0.1, 0.15) is 47.4 Å². The zero-order chi connectivity index (χ0) is 18.7. The number of carbonyl (C=O) groups excluding carboxylic acids is 2. The number of hydrogen-bond donors (Lipinski definition) is 3. The van der Waals surface area contributed by atoms with Crippen LogP contribution in [0, 0.1) is 0 Å². The predicted molar refractivity (Wildman–Crippen MR) is 108 cm³/mol. The van der Waals surface area contributed by atoms with Crippen LogP contribution < -0.4 is 21.1 Å². The number of benzene rings is 1. The molecule has 2 aromatic rings. The van der Waals surface area contributed by atoms with E-state index in [0.717, 1.165) is 10.6 Å². The summed E-state index contributed by atoms with van der Waals surface area (Å²) in [6.45, 7) is 4.30. The van der Waals surface area contributed by atoms with Gasteiger partial charge in [0.25, 0.3) is 11.8 Å². The molecule has 2 amide bonds. The topological polar surface area (TPSA) is 106 Å². The Balaban J connectivity index is 0.00000261. The first-order valence-electron chi connectivity index (χ1n) is 8.58. The summed E-state index contributed by atoms with van der Waals surface area (Å²) in [6.07, 6.45) is 0.773. The van der Waals surface area contributed by atoms with Gasteiger partial charge in [-0.05, 0) is 37.6 Å². The molecule has 1 aliphatic rings. The van der Waals surface area contributed by atoms with Crippen molar-refractivity contribution in [2.45, 2.75) is 38.8 Å². The second kappa shape index (κ2) is 9.16. The Labute approximate surface area is 168 Å². The number of nitrogens with two attached hydrogens (primary N) is 1. The number of nitrogens with one attached hydrogen (secondary N) is 2. The van der Waals surface area contributed by atoms with E-state index in [1.807, 2.05) is 26.0 Å². The second-order valence-electron chi connectivity index (χ2n) is 6.12. The van der Waals surface area contributed by atoms with Crippen molar-refractivity contribution in [3.8, 4) is 5.75 Å². The van der Waals surface area contributed by atoms with Gasteiger partial charge in [-0.15, -0.1) is 23.7 Å². The van der Waals surface area contributed by atoms with Crippen LogP contribution in [0.2, 0.25) is 0 Å². The normalized spacial score (nSPS) is 16.4. The molecule has 9 heteroatoms. The Morgan fingerprint density at radius 3 is 2.96 bits per heavy atom. The summed E-state index contributed by atoms with van der Waals surface area (Å²) in [7, 11) is 0. The minimum atomic E-state index is -0.487. The summed E-state index contributed by atoms with van der Waals surface area (Å²) in [4.78, 5) is 28.5. The van der Waals surface area contributed by atoms with E-state index in [4.69, 9.17) is 10.5 Å². The third kappa shape index (κ3) is 4.77. The Morgan fingerprint density at radius 2 is 2.26 bits per heavy atom. The van der Waals surface area contributed by atoms with E-state index in [0.29, 0.717) is 36.5 Å². The van der Waals surface area contributed by atoms with Crippen molar-refractivity contribution in [2.75, 3.05) is 11.9 Å². The van der Waals surface area contributed by atoms with Crippen molar-refractivity contribution in [3.63, 3.8) is 0 Å². The monoisotopic (exact) mass is 410 g/mol. The Morgan fingerprint density at radius 1 is 1.48 bits per heavy atom. The van der Waals surface area contributed by atoms with Crippen LogP contribution in [0.3, 0.4) is 0 Å². The summed E-state index contributed by atoms with van der Waals surface area (Å²) in [6, 6.07) is 5.28. The third-order valence-corrected chi connectivity index (χ3v) is 5.09. The molecular formula is C18H23ClN4O3S. The minimum absolute atomic E-state index is 0. The molecule has 2 heterocycles. The third-order valence-electron chi connectivity index (χ3n) is 4.19. The van der Waals surface area contributed by atoms with Crippen molar-refractivity contribution in [3.05, 3.63) is 39.8 Å². The summed E-state index contributed by atoms with van der Waals surface area (Å²) < 4.78 is 5.76. The SMILES string of the molecule is CCC1Oc2cc(C(C)NC(=O)c3csc(CCN)n3)ccc2NC1=O.Cl. The van der Waals surface area contributed by atoms with Crippen molar-refractivity contribution in [1.29, 1.82) is 0 Å². The molecule has 2 atom stereocenters. The molecule has 0 saturated carbocycles. The predicted octanol–water partition coefficient (Wildman–Crippen LogP) is 2.67. The lowest BCUT2D eigenvalue weighted by molar-refractivity contribution is -0.123. The Kier molecular flexibility index (Phi) is 7.18. The van der Waals surface area contributed by atoms with Gasteiger partial charge in [-0.1, -0.05) is 13.0 Å². The van der Waals surface area contributed by atoms with Gasteiger partial charge in [0.2, 0.25) is 0 Å². The maximum absolute atomic E-state index is 12.4. The number of fused-ring (bicyclic) bond motifs is 1. The lowest BCUT2D eigenvalue weighted by Gasteiger charge is -2.26. The van der Waals surface area contributed by atoms with E-state index in [9.17, 15) is 9.59 Å². The zero-order valence-electron chi connectivity index (χ0n) is 15.2. The van der Waals surface area contributed by atoms with Gasteiger partial charge >= 0.3 is 0 Å². The number of hydrogen-bond acceptors (Lipinski definition) is 6. The maximum atomic E-state index is 12.4. The zero-order valence-corrected chi connectivity index (χ0v) is 16.8. The van der Waals surface area contributed by atoms with E-state index >= 15 is 0 Å². The lowest BCUT2D eigenvalue weighted by Crippen LogP contribution is -2.36. The van der Waals surface area contributed by atoms with E-state index in [2.05, 4.69) is 15.6 Å². The number of aromatic nitrogens is 1. The molecule has 4 N–H and O–H groups in total. The summed E-state index contributed by atoms with van der Waals surface area (Å²) >= 11 is 1.43. The van der Waals surface area contributed by atoms with Crippen LogP contribution in [0.5, 0.6) is 5.75 Å². The molecule has 3 rings (SSSR count). The molecule has 0 saturated heterocycles. The van der Waals surface area contributed by atoms with Crippen molar-refractivity contribution >= 4 is 41.2 Å². The van der Waals surface area contributed by atoms with Gasteiger partial charge in [-0.3, -0.25) is 9.59 Å². The quantitative estimate of drug-likeness (QED) is 0.678. The van der Waals surface area contributed by atoms with Crippen LogP contribution in [0.4, 0.5) is 5.69 Å². The summed E-state index contributed by atoms with van der Waals surface area (Å²) in [5.74, 6) is 0.259. The van der Waals surface area contributed by atoms with Crippen LogP contribution in [0.25, 0.3) is 0 Å². The molecule has 0 bridgehead atoms. The van der Waals surface area contributed by atoms with Crippen molar-refractivity contribution < 1.29 is 14.3 Å². The van der Waals surface area contributed by atoms with Gasteiger partial charge < -0.3 is 21.1 Å². The Hall–Kier alpha value is -2.16. The van der Waals surface area contributed by atoms with E-state index in [-0.39, 0.29) is 30.3 Å².